The van der Waals surface area contributed by atoms with E-state index in [-0.39, 0.29) is 0 Å². The monoisotopic (exact) mass is 563 g/mol. The molecule has 3 fully saturated rings. The molecule has 3 saturated carbocycles. The molecule has 3 rings (SSSR count). The second kappa shape index (κ2) is 39.0. The van der Waals surface area contributed by atoms with Crippen LogP contribution in [0.25, 0.3) is 0 Å². The van der Waals surface area contributed by atoms with Gasteiger partial charge in [-0.2, -0.15) is 0 Å². The third-order valence-corrected chi connectivity index (χ3v) is 9.46. The molecule has 0 aromatic heterocycles. The van der Waals surface area contributed by atoms with E-state index in [1.165, 1.54) is 244 Å². The van der Waals surface area contributed by atoms with E-state index in [0.717, 1.165) is 0 Å². The van der Waals surface area contributed by atoms with Crippen molar-refractivity contribution in [2.45, 2.75) is 258 Å². The lowest BCUT2D eigenvalue weighted by Gasteiger charge is -2.05. The zero-order valence-electron chi connectivity index (χ0n) is 28.9. The van der Waals surface area contributed by atoms with Crippen molar-refractivity contribution in [2.24, 2.45) is 0 Å². The van der Waals surface area contributed by atoms with Crippen molar-refractivity contribution in [3.8, 4) is 0 Å². The fraction of sp³-hybridized carbons (Fsp3) is 1.00. The normalized spacial score (nSPS) is 20.6. The molecule has 0 heterocycles. The SMILES string of the molecule is C1CCCCCCCCC1.C1CCCCCCCCC1.C1CCCCCCCCC1.CCCCCCCCCC. The summed E-state index contributed by atoms with van der Waals surface area (Å²) >= 11 is 0. The smallest absolute Gasteiger partial charge is 0.0533 e. The van der Waals surface area contributed by atoms with E-state index in [9.17, 15) is 0 Å². The van der Waals surface area contributed by atoms with Gasteiger partial charge in [0.15, 0.2) is 0 Å². The summed E-state index contributed by atoms with van der Waals surface area (Å²) in [6.07, 6.45) is 56.5. The van der Waals surface area contributed by atoms with Gasteiger partial charge in [0.05, 0.1) is 0 Å². The fourth-order valence-electron chi connectivity index (χ4n) is 6.51. The van der Waals surface area contributed by atoms with Gasteiger partial charge in [-0.25, -0.2) is 0 Å². The van der Waals surface area contributed by atoms with Crippen LogP contribution in [0.1, 0.15) is 258 Å². The van der Waals surface area contributed by atoms with Crippen molar-refractivity contribution in [3.63, 3.8) is 0 Å². The third-order valence-electron chi connectivity index (χ3n) is 9.46. The van der Waals surface area contributed by atoms with Crippen LogP contribution in [-0.4, -0.2) is 0 Å². The maximum atomic E-state index is 2.27. The van der Waals surface area contributed by atoms with Crippen LogP contribution in [0.15, 0.2) is 0 Å². The Morgan fingerprint density at radius 1 is 0.175 bits per heavy atom. The standard InChI is InChI=1S/3C10H20.C10H22/c3*1-2-4-6-8-10-9-7-5-3-1;1-3-5-7-9-10-8-6-4-2/h3*1-10H2;3-10H2,1-2H3. The number of hydrogen-bond donors (Lipinski definition) is 0. The molecule has 0 amide bonds. The van der Waals surface area contributed by atoms with Crippen molar-refractivity contribution in [3.05, 3.63) is 0 Å². The molecule has 0 heteroatoms. The van der Waals surface area contributed by atoms with E-state index in [0.29, 0.717) is 0 Å². The Hall–Kier alpha value is 0. The Kier molecular flexibility index (Phi) is 39.0. The second-order valence-corrected chi connectivity index (χ2v) is 13.7. The van der Waals surface area contributed by atoms with E-state index in [1.807, 2.05) is 0 Å². The minimum atomic E-state index is 1.37. The molecule has 0 aliphatic heterocycles. The number of unbranched alkanes of at least 4 members (excludes halogenated alkanes) is 7. The zero-order chi connectivity index (χ0) is 28.9. The van der Waals surface area contributed by atoms with Crippen LogP contribution in [0.5, 0.6) is 0 Å². The molecule has 40 heavy (non-hydrogen) atoms. The van der Waals surface area contributed by atoms with Crippen molar-refractivity contribution in [1.82, 2.24) is 0 Å². The highest BCUT2D eigenvalue weighted by Crippen LogP contribution is 2.17. The van der Waals surface area contributed by atoms with Gasteiger partial charge in [0.25, 0.3) is 0 Å². The molecule has 242 valence electrons. The molecule has 0 spiro atoms. The lowest BCUT2D eigenvalue weighted by Crippen LogP contribution is -1.85. The molecule has 0 unspecified atom stereocenters. The Morgan fingerprint density at radius 2 is 0.275 bits per heavy atom. The Bertz CT molecular complexity index is 244. The first-order chi connectivity index (χ1) is 19.9. The lowest BCUT2D eigenvalue weighted by atomic mass is 10.0. The molecule has 0 N–H and O–H groups in total. The fourth-order valence-corrected chi connectivity index (χ4v) is 6.51. The number of hydrogen-bond acceptors (Lipinski definition) is 0. The van der Waals surface area contributed by atoms with Gasteiger partial charge in [-0.3, -0.25) is 0 Å². The van der Waals surface area contributed by atoms with E-state index < -0.39 is 0 Å². The van der Waals surface area contributed by atoms with E-state index >= 15 is 0 Å². The average Bonchev–Trinajstić information content (AvgIpc) is 3.01. The molecule has 0 aromatic rings. The first kappa shape index (κ1) is 40.0. The first-order valence-corrected chi connectivity index (χ1v) is 19.9. The molecule has 0 saturated heterocycles. The van der Waals surface area contributed by atoms with Gasteiger partial charge < -0.3 is 0 Å². The zero-order valence-corrected chi connectivity index (χ0v) is 28.9. The highest BCUT2D eigenvalue weighted by atomic mass is 14.0. The van der Waals surface area contributed by atoms with Gasteiger partial charge in [-0.1, -0.05) is 258 Å². The minimum absolute atomic E-state index is 1.37. The summed E-state index contributed by atoms with van der Waals surface area (Å²) in [5.41, 5.74) is 0. The quantitative estimate of drug-likeness (QED) is 0.271. The van der Waals surface area contributed by atoms with E-state index in [1.54, 1.807) is 0 Å². The van der Waals surface area contributed by atoms with Gasteiger partial charge in [0.2, 0.25) is 0 Å². The van der Waals surface area contributed by atoms with E-state index in [4.69, 9.17) is 0 Å². The molecule has 3 aliphatic rings. The highest BCUT2D eigenvalue weighted by Gasteiger charge is 1.98. The largest absolute Gasteiger partial charge is 0.0654 e. The summed E-state index contributed by atoms with van der Waals surface area (Å²) in [6, 6.07) is 0. The second-order valence-electron chi connectivity index (χ2n) is 13.7. The summed E-state index contributed by atoms with van der Waals surface area (Å²) < 4.78 is 0. The van der Waals surface area contributed by atoms with Crippen LogP contribution in [0.2, 0.25) is 0 Å². The van der Waals surface area contributed by atoms with Gasteiger partial charge >= 0.3 is 0 Å². The number of rotatable bonds is 7. The predicted octanol–water partition coefficient (Wildman–Crippen LogP) is 15.8. The van der Waals surface area contributed by atoms with E-state index in [2.05, 4.69) is 13.8 Å². The summed E-state index contributed by atoms with van der Waals surface area (Å²) in [4.78, 5) is 0. The molecule has 0 nitrogen and oxygen atoms in total. The van der Waals surface area contributed by atoms with Gasteiger partial charge in [0.1, 0.15) is 0 Å². The predicted molar refractivity (Wildman–Crippen MR) is 187 cm³/mol. The van der Waals surface area contributed by atoms with Gasteiger partial charge in [-0.15, -0.1) is 0 Å². The van der Waals surface area contributed by atoms with Crippen LogP contribution in [0, 0.1) is 0 Å². The maximum Gasteiger partial charge on any atom is -0.0533 e. The first-order valence-electron chi connectivity index (χ1n) is 19.9. The van der Waals surface area contributed by atoms with Crippen molar-refractivity contribution >= 4 is 0 Å². The summed E-state index contributed by atoms with van der Waals surface area (Å²) in [5.74, 6) is 0. The molecule has 0 atom stereocenters. The molecular weight excluding hydrogens is 480 g/mol. The molecule has 0 aromatic carbocycles. The van der Waals surface area contributed by atoms with Crippen LogP contribution in [0.4, 0.5) is 0 Å². The van der Waals surface area contributed by atoms with Crippen LogP contribution >= 0.6 is 0 Å². The Morgan fingerprint density at radius 3 is 0.375 bits per heavy atom. The van der Waals surface area contributed by atoms with Crippen molar-refractivity contribution in [2.75, 3.05) is 0 Å². The summed E-state index contributed by atoms with van der Waals surface area (Å²) in [6.45, 7) is 4.54. The highest BCUT2D eigenvalue weighted by molar-refractivity contribution is 4.53. The molecule has 0 bridgehead atoms. The molecule has 3 aliphatic carbocycles. The lowest BCUT2D eigenvalue weighted by molar-refractivity contribution is 0.504. The Balaban J connectivity index is 0.000000507. The maximum absolute atomic E-state index is 2.27. The molecule has 0 radical (unpaired) electrons. The van der Waals surface area contributed by atoms with Gasteiger partial charge in [-0.05, 0) is 0 Å². The minimum Gasteiger partial charge on any atom is -0.0654 e. The van der Waals surface area contributed by atoms with Crippen LogP contribution in [-0.2, 0) is 0 Å². The topological polar surface area (TPSA) is 0 Å². The van der Waals surface area contributed by atoms with Crippen LogP contribution < -0.4 is 0 Å². The summed E-state index contributed by atoms with van der Waals surface area (Å²) in [5, 5.41) is 0. The third kappa shape index (κ3) is 38.0. The van der Waals surface area contributed by atoms with Gasteiger partial charge in [0, 0.05) is 0 Å². The molecular formula is C40H82. The van der Waals surface area contributed by atoms with Crippen molar-refractivity contribution in [1.29, 1.82) is 0 Å². The summed E-state index contributed by atoms with van der Waals surface area (Å²) in [7, 11) is 0. The Labute approximate surface area is 257 Å². The average molecular weight is 563 g/mol. The van der Waals surface area contributed by atoms with Crippen LogP contribution in [0.3, 0.4) is 0 Å². The van der Waals surface area contributed by atoms with Crippen molar-refractivity contribution < 1.29 is 0 Å².